The van der Waals surface area contributed by atoms with Gasteiger partial charge in [0.2, 0.25) is 0 Å². The lowest BCUT2D eigenvalue weighted by molar-refractivity contribution is -0.125. The van der Waals surface area contributed by atoms with Crippen LogP contribution in [0.3, 0.4) is 0 Å². The minimum Gasteiger partial charge on any atom is -0.381 e. The van der Waals surface area contributed by atoms with Gasteiger partial charge < -0.3 is 5.11 Å². The number of allylic oxidation sites excluding steroid dienone is 1. The summed E-state index contributed by atoms with van der Waals surface area (Å²) in [7, 11) is 0. The highest BCUT2D eigenvalue weighted by molar-refractivity contribution is 5.83. The van der Waals surface area contributed by atoms with E-state index < -0.39 is 6.10 Å². The number of hydrogen-bond acceptors (Lipinski definition) is 2. The highest BCUT2D eigenvalue weighted by Crippen LogP contribution is 2.59. The van der Waals surface area contributed by atoms with Gasteiger partial charge >= 0.3 is 0 Å². The number of fused-ring (bicyclic) bond motifs is 1. The molecular formula is C12H18O2. The number of carbonyl (C=O) groups is 1. The molecular weight excluding hydrogens is 176 g/mol. The van der Waals surface area contributed by atoms with Crippen molar-refractivity contribution in [2.75, 3.05) is 0 Å². The molecule has 3 atom stereocenters. The summed E-state index contributed by atoms with van der Waals surface area (Å²) in [5, 5.41) is 9.76. The van der Waals surface area contributed by atoms with Crippen LogP contribution in [0.1, 0.15) is 33.6 Å². The summed E-state index contributed by atoms with van der Waals surface area (Å²) in [6.07, 6.45) is 3.42. The fraction of sp³-hybridized carbons (Fsp3) is 0.750. The van der Waals surface area contributed by atoms with Crippen LogP contribution in [0.25, 0.3) is 0 Å². The first kappa shape index (κ1) is 9.91. The molecule has 0 radical (unpaired) electrons. The fourth-order valence-corrected chi connectivity index (χ4v) is 2.94. The summed E-state index contributed by atoms with van der Waals surface area (Å²) in [6.45, 7) is 5.95. The number of rotatable bonds is 2. The van der Waals surface area contributed by atoms with Crippen LogP contribution in [0.15, 0.2) is 11.6 Å². The monoisotopic (exact) mass is 194 g/mol. The van der Waals surface area contributed by atoms with Gasteiger partial charge in [0, 0.05) is 0 Å². The fourth-order valence-electron chi connectivity index (χ4n) is 2.94. The number of aliphatic hydroxyl groups is 1. The van der Waals surface area contributed by atoms with Gasteiger partial charge in [-0.2, -0.15) is 0 Å². The van der Waals surface area contributed by atoms with E-state index in [0.717, 1.165) is 24.3 Å². The summed E-state index contributed by atoms with van der Waals surface area (Å²) in [5.74, 6) is 1.06. The van der Waals surface area contributed by atoms with Gasteiger partial charge in [-0.15, -0.1) is 0 Å². The molecule has 0 heterocycles. The lowest BCUT2D eigenvalue weighted by Gasteiger charge is -2.57. The molecule has 1 unspecified atom stereocenters. The zero-order chi connectivity index (χ0) is 10.5. The van der Waals surface area contributed by atoms with Crippen LogP contribution in [0.5, 0.6) is 0 Å². The van der Waals surface area contributed by atoms with Crippen molar-refractivity contribution in [2.24, 2.45) is 17.3 Å². The first-order valence-corrected chi connectivity index (χ1v) is 5.33. The standard InChI is InChI=1S/C12H18O2/c1-7(13)11(14)9-5-4-8-6-10(9)12(8,2)3/h5,8,10-11,14H,4,6H2,1-3H3/t8-,10-,11?/m0/s1. The van der Waals surface area contributed by atoms with Gasteiger partial charge in [0.1, 0.15) is 6.10 Å². The third-order valence-corrected chi connectivity index (χ3v) is 4.21. The van der Waals surface area contributed by atoms with Crippen LogP contribution in [-0.4, -0.2) is 17.0 Å². The zero-order valence-electron chi connectivity index (χ0n) is 9.08. The van der Waals surface area contributed by atoms with E-state index in [1.165, 1.54) is 6.92 Å². The molecule has 0 amide bonds. The maximum Gasteiger partial charge on any atom is 0.162 e. The van der Waals surface area contributed by atoms with E-state index in [1.54, 1.807) is 0 Å². The average molecular weight is 194 g/mol. The van der Waals surface area contributed by atoms with Gasteiger partial charge in [-0.05, 0) is 42.6 Å². The highest BCUT2D eigenvalue weighted by Gasteiger charge is 2.52. The molecule has 0 aromatic carbocycles. The van der Waals surface area contributed by atoms with E-state index in [-0.39, 0.29) is 5.78 Å². The molecule has 2 bridgehead atoms. The number of hydrogen-bond donors (Lipinski definition) is 1. The average Bonchev–Trinajstić information content (AvgIpc) is 2.16. The van der Waals surface area contributed by atoms with Gasteiger partial charge in [0.15, 0.2) is 5.78 Å². The molecule has 2 nitrogen and oxygen atoms in total. The lowest BCUT2D eigenvalue weighted by Crippen LogP contribution is -2.50. The molecule has 1 N–H and O–H groups in total. The minimum absolute atomic E-state index is 0.127. The second-order valence-corrected chi connectivity index (χ2v) is 5.26. The maximum absolute atomic E-state index is 11.1. The molecule has 2 heteroatoms. The molecule has 14 heavy (non-hydrogen) atoms. The molecule has 0 aromatic rings. The number of Topliss-reactive ketones (excluding diaryl/α,β-unsaturated/α-hetero) is 1. The molecule has 0 aromatic heterocycles. The van der Waals surface area contributed by atoms with Crippen molar-refractivity contribution in [3.05, 3.63) is 11.6 Å². The van der Waals surface area contributed by atoms with Gasteiger partial charge in [-0.1, -0.05) is 19.9 Å². The Bertz CT molecular complexity index is 301. The largest absolute Gasteiger partial charge is 0.381 e. The van der Waals surface area contributed by atoms with Crippen molar-refractivity contribution in [2.45, 2.75) is 39.7 Å². The molecule has 0 spiro atoms. The van der Waals surface area contributed by atoms with Crippen molar-refractivity contribution in [1.82, 2.24) is 0 Å². The van der Waals surface area contributed by atoms with Crippen molar-refractivity contribution in [3.8, 4) is 0 Å². The van der Waals surface area contributed by atoms with E-state index >= 15 is 0 Å². The molecule has 3 aliphatic carbocycles. The topological polar surface area (TPSA) is 37.3 Å². The minimum atomic E-state index is -0.847. The number of carbonyl (C=O) groups excluding carboxylic acids is 1. The van der Waals surface area contributed by atoms with Gasteiger partial charge in [-0.25, -0.2) is 0 Å². The number of ketones is 1. The Hall–Kier alpha value is -0.630. The molecule has 1 fully saturated rings. The molecule has 3 rings (SSSR count). The second kappa shape index (κ2) is 2.93. The van der Waals surface area contributed by atoms with Crippen LogP contribution in [0.2, 0.25) is 0 Å². The molecule has 0 aliphatic heterocycles. The smallest absolute Gasteiger partial charge is 0.162 e. The van der Waals surface area contributed by atoms with Crippen molar-refractivity contribution in [3.63, 3.8) is 0 Å². The Balaban J connectivity index is 2.22. The predicted octanol–water partition coefficient (Wildman–Crippen LogP) is 1.93. The van der Waals surface area contributed by atoms with E-state index in [1.807, 2.05) is 0 Å². The normalized spacial score (nSPS) is 35.6. The predicted molar refractivity (Wildman–Crippen MR) is 54.8 cm³/mol. The van der Waals surface area contributed by atoms with Gasteiger partial charge in [0.05, 0.1) is 0 Å². The van der Waals surface area contributed by atoms with E-state index in [2.05, 4.69) is 19.9 Å². The van der Waals surface area contributed by atoms with E-state index in [9.17, 15) is 9.90 Å². The lowest BCUT2D eigenvalue weighted by atomic mass is 9.48. The highest BCUT2D eigenvalue weighted by atomic mass is 16.3. The summed E-state index contributed by atoms with van der Waals surface area (Å²) >= 11 is 0. The van der Waals surface area contributed by atoms with Gasteiger partial charge in [-0.3, -0.25) is 4.79 Å². The molecule has 0 saturated heterocycles. The summed E-state index contributed by atoms with van der Waals surface area (Å²) < 4.78 is 0. The first-order chi connectivity index (χ1) is 6.44. The van der Waals surface area contributed by atoms with Crippen molar-refractivity contribution >= 4 is 5.78 Å². The SMILES string of the molecule is CC(=O)C(O)C1=CC[C@H]2C[C@@H]1C2(C)C. The molecule has 78 valence electrons. The zero-order valence-corrected chi connectivity index (χ0v) is 9.08. The van der Waals surface area contributed by atoms with E-state index in [4.69, 9.17) is 0 Å². The third-order valence-electron chi connectivity index (χ3n) is 4.21. The third kappa shape index (κ3) is 1.17. The Labute approximate surface area is 85.0 Å². The van der Waals surface area contributed by atoms with Crippen LogP contribution >= 0.6 is 0 Å². The van der Waals surface area contributed by atoms with E-state index in [0.29, 0.717) is 11.3 Å². The molecule has 1 saturated carbocycles. The first-order valence-electron chi connectivity index (χ1n) is 5.33. The van der Waals surface area contributed by atoms with Crippen LogP contribution < -0.4 is 0 Å². The Morgan fingerprint density at radius 3 is 2.71 bits per heavy atom. The van der Waals surface area contributed by atoms with Crippen molar-refractivity contribution < 1.29 is 9.90 Å². The summed E-state index contributed by atoms with van der Waals surface area (Å²) in [6, 6.07) is 0. The van der Waals surface area contributed by atoms with Crippen LogP contribution in [-0.2, 0) is 4.79 Å². The quantitative estimate of drug-likeness (QED) is 0.682. The Morgan fingerprint density at radius 2 is 2.29 bits per heavy atom. The number of aliphatic hydroxyl groups excluding tert-OH is 1. The Morgan fingerprint density at radius 1 is 1.64 bits per heavy atom. The van der Waals surface area contributed by atoms with Crippen LogP contribution in [0.4, 0.5) is 0 Å². The van der Waals surface area contributed by atoms with Gasteiger partial charge in [0.25, 0.3) is 0 Å². The second-order valence-electron chi connectivity index (χ2n) is 5.26. The van der Waals surface area contributed by atoms with Crippen LogP contribution in [0, 0.1) is 17.3 Å². The van der Waals surface area contributed by atoms with Crippen molar-refractivity contribution in [1.29, 1.82) is 0 Å². The summed E-state index contributed by atoms with van der Waals surface area (Å²) in [4.78, 5) is 11.1. The maximum atomic E-state index is 11.1. The summed E-state index contributed by atoms with van der Waals surface area (Å²) in [5.41, 5.74) is 1.27. The molecule has 3 aliphatic rings. The Kier molecular flexibility index (Phi) is 2.07.